The summed E-state index contributed by atoms with van der Waals surface area (Å²) >= 11 is 4.19. The number of phenolic OH excluding ortho intramolecular Hbond substituents is 1. The molecule has 27 heteroatoms. The van der Waals surface area contributed by atoms with Gasteiger partial charge in [-0.15, -0.1) is 0 Å². The van der Waals surface area contributed by atoms with Gasteiger partial charge in [0.15, 0.2) is 11.9 Å². The maximum absolute atomic E-state index is 13.8. The Labute approximate surface area is 360 Å². The molecule has 0 saturated heterocycles. The summed E-state index contributed by atoms with van der Waals surface area (Å²) in [6.07, 6.45) is -1.99. The van der Waals surface area contributed by atoms with Crippen molar-refractivity contribution in [3.63, 3.8) is 0 Å². The second kappa shape index (κ2) is 27.0. The van der Waals surface area contributed by atoms with Gasteiger partial charge in [0.25, 0.3) is 0 Å². The number of carboxylic acid groups (broad SMARTS) is 2. The van der Waals surface area contributed by atoms with Crippen LogP contribution < -0.4 is 66.3 Å². The number of thiol groups is 1. The lowest BCUT2D eigenvalue weighted by Gasteiger charge is -2.27. The molecule has 0 unspecified atom stereocenters. The Hall–Kier alpha value is -6.90. The average Bonchev–Trinajstić information content (AvgIpc) is 3.18. The largest absolute Gasteiger partial charge is 0.508 e. The minimum Gasteiger partial charge on any atom is -0.508 e. The van der Waals surface area contributed by atoms with Crippen LogP contribution in [0.3, 0.4) is 0 Å². The maximum atomic E-state index is 13.8. The minimum atomic E-state index is -1.96. The number of nitrogens with one attached hydrogen (secondary N) is 6. The quantitative estimate of drug-likeness (QED) is 0.0161. The van der Waals surface area contributed by atoms with E-state index in [1.807, 2.05) is 5.32 Å². The fourth-order valence-corrected chi connectivity index (χ4v) is 5.52. The second-order valence-corrected chi connectivity index (χ2v) is 14.1. The number of aliphatic carboxylic acids is 2. The van der Waals surface area contributed by atoms with Crippen molar-refractivity contribution in [3.8, 4) is 5.75 Å². The van der Waals surface area contributed by atoms with Gasteiger partial charge in [-0.05, 0) is 50.3 Å². The van der Waals surface area contributed by atoms with Gasteiger partial charge in [-0.25, -0.2) is 4.79 Å². The molecule has 62 heavy (non-hydrogen) atoms. The summed E-state index contributed by atoms with van der Waals surface area (Å²) in [6.45, 7) is 1.52. The second-order valence-electron chi connectivity index (χ2n) is 13.7. The van der Waals surface area contributed by atoms with Crippen molar-refractivity contribution >= 4 is 77.8 Å². The standard InChI is InChI=1S/C35H56N14O12S/c1-16(36)27(54)44-19(4-2-10-42-34(38)39)28(55)45-20(5-3-11-43-35(40)41)29(56)49-24(15-62)32(59)46-21(12-17-6-8-18(50)9-7-17)30(57)47-22(13-25(37)51)31(58)48-23(33(60)61)14-26(52)53/h6-9,16,19-24,50,62H,2-5,10-15,36H2,1H3,(H2,37,51)(H,44,54)(H,45,55)(H,46,59)(H,47,57)(H,48,58)(H,49,56)(H,52,53)(H,60,61)(H4,38,39,42)(H4,40,41,43)/t16-,19-,20-,21-,22-,23-,24-/m0/s1. The third-order valence-electron chi connectivity index (χ3n) is 8.43. The number of carbonyl (C=O) groups is 9. The zero-order valence-corrected chi connectivity index (χ0v) is 34.6. The number of carbonyl (C=O) groups excluding carboxylic acids is 7. The first-order valence-electron chi connectivity index (χ1n) is 18.8. The zero-order chi connectivity index (χ0) is 47.1. The van der Waals surface area contributed by atoms with Gasteiger partial charge in [0.1, 0.15) is 42.0 Å². The van der Waals surface area contributed by atoms with Crippen molar-refractivity contribution in [2.24, 2.45) is 44.4 Å². The van der Waals surface area contributed by atoms with Crippen LogP contribution in [0.2, 0.25) is 0 Å². The number of phenols is 1. The number of amides is 7. The smallest absolute Gasteiger partial charge is 0.326 e. The fraction of sp³-hybridized carbons (Fsp3) is 0.514. The number of aromatic hydroxyl groups is 1. The van der Waals surface area contributed by atoms with Gasteiger partial charge < -0.3 is 81.6 Å². The number of hydrogen-bond acceptors (Lipinski definition) is 14. The Bertz CT molecular complexity index is 1810. The van der Waals surface area contributed by atoms with Crippen LogP contribution in [0.4, 0.5) is 0 Å². The predicted molar refractivity (Wildman–Crippen MR) is 224 cm³/mol. The van der Waals surface area contributed by atoms with E-state index in [-0.39, 0.29) is 68.6 Å². The van der Waals surface area contributed by atoms with Crippen molar-refractivity contribution in [2.45, 2.75) is 94.2 Å². The Morgan fingerprint density at radius 3 is 1.44 bits per heavy atom. The Morgan fingerprint density at radius 2 is 1.00 bits per heavy atom. The first kappa shape index (κ1) is 53.1. The van der Waals surface area contributed by atoms with Crippen LogP contribution in [0.5, 0.6) is 5.75 Å². The molecule has 0 aromatic heterocycles. The van der Waals surface area contributed by atoms with E-state index in [2.05, 4.69) is 49.2 Å². The van der Waals surface area contributed by atoms with Gasteiger partial charge in [0, 0.05) is 25.3 Å². The molecule has 0 radical (unpaired) electrons. The fourth-order valence-electron chi connectivity index (χ4n) is 5.27. The first-order valence-corrected chi connectivity index (χ1v) is 19.5. The molecule has 0 spiro atoms. The number of rotatable bonds is 28. The molecule has 0 saturated carbocycles. The van der Waals surface area contributed by atoms with E-state index < -0.39 is 108 Å². The van der Waals surface area contributed by atoms with E-state index >= 15 is 0 Å². The Morgan fingerprint density at radius 1 is 0.597 bits per heavy atom. The number of benzene rings is 1. The van der Waals surface area contributed by atoms with E-state index in [0.717, 1.165) is 0 Å². The van der Waals surface area contributed by atoms with Crippen molar-refractivity contribution in [1.82, 2.24) is 31.9 Å². The molecule has 0 fully saturated rings. The number of carboxylic acids is 2. The molecular weight excluding hydrogens is 841 g/mol. The van der Waals surface area contributed by atoms with Crippen LogP contribution in [0.25, 0.3) is 0 Å². The molecule has 0 aliphatic heterocycles. The molecule has 1 aromatic rings. The zero-order valence-electron chi connectivity index (χ0n) is 33.7. The normalized spacial score (nSPS) is 14.0. The highest BCUT2D eigenvalue weighted by Crippen LogP contribution is 2.13. The van der Waals surface area contributed by atoms with E-state index in [1.165, 1.54) is 31.2 Å². The third kappa shape index (κ3) is 20.9. The molecule has 0 aliphatic carbocycles. The van der Waals surface area contributed by atoms with Crippen LogP contribution >= 0.6 is 12.6 Å². The van der Waals surface area contributed by atoms with Gasteiger partial charge in [-0.2, -0.15) is 12.6 Å². The predicted octanol–water partition coefficient (Wildman–Crippen LogP) is -6.34. The topological polar surface area (TPSA) is 467 Å². The van der Waals surface area contributed by atoms with Crippen LogP contribution in [0.1, 0.15) is 51.0 Å². The summed E-state index contributed by atoms with van der Waals surface area (Å²) in [7, 11) is 0. The molecule has 21 N–H and O–H groups in total. The van der Waals surface area contributed by atoms with Gasteiger partial charge in [0.05, 0.1) is 18.9 Å². The third-order valence-corrected chi connectivity index (χ3v) is 8.79. The van der Waals surface area contributed by atoms with Crippen LogP contribution in [0, 0.1) is 0 Å². The molecule has 0 aliphatic rings. The van der Waals surface area contributed by atoms with E-state index in [4.69, 9.17) is 39.5 Å². The summed E-state index contributed by atoms with van der Waals surface area (Å²) < 4.78 is 0. The van der Waals surface area contributed by atoms with Gasteiger partial charge in [0.2, 0.25) is 41.4 Å². The minimum absolute atomic E-state index is 0.0139. The molecule has 26 nitrogen and oxygen atoms in total. The molecule has 7 atom stereocenters. The highest BCUT2D eigenvalue weighted by atomic mass is 32.1. The lowest BCUT2D eigenvalue weighted by molar-refractivity contribution is -0.147. The van der Waals surface area contributed by atoms with Crippen molar-refractivity contribution < 1.29 is 58.5 Å². The number of nitrogens with zero attached hydrogens (tertiary/aromatic N) is 2. The molecule has 344 valence electrons. The van der Waals surface area contributed by atoms with Crippen molar-refractivity contribution in [1.29, 1.82) is 0 Å². The Kier molecular flexibility index (Phi) is 23.2. The highest BCUT2D eigenvalue weighted by Gasteiger charge is 2.34. The van der Waals surface area contributed by atoms with E-state index in [0.29, 0.717) is 5.56 Å². The van der Waals surface area contributed by atoms with Crippen molar-refractivity contribution in [3.05, 3.63) is 29.8 Å². The number of nitrogens with two attached hydrogens (primary N) is 6. The van der Waals surface area contributed by atoms with Gasteiger partial charge >= 0.3 is 11.9 Å². The average molecular weight is 897 g/mol. The number of guanidine groups is 2. The lowest BCUT2D eigenvalue weighted by Crippen LogP contribution is -2.60. The lowest BCUT2D eigenvalue weighted by atomic mass is 10.0. The summed E-state index contributed by atoms with van der Waals surface area (Å²) in [4.78, 5) is 123. The first-order chi connectivity index (χ1) is 29.0. The summed E-state index contributed by atoms with van der Waals surface area (Å²) in [6, 6.07) is -5.18. The van der Waals surface area contributed by atoms with Crippen LogP contribution in [-0.2, 0) is 49.6 Å². The van der Waals surface area contributed by atoms with Crippen LogP contribution in [0.15, 0.2) is 34.3 Å². The molecule has 1 aromatic carbocycles. The summed E-state index contributed by atoms with van der Waals surface area (Å²) in [5.74, 6) is -11.2. The number of hydrogen-bond donors (Lipinski definition) is 16. The van der Waals surface area contributed by atoms with E-state index in [9.17, 15) is 53.4 Å². The maximum Gasteiger partial charge on any atom is 0.326 e. The number of aliphatic imine (C=N–C) groups is 2. The SMILES string of the molecule is C[C@H](N)C(=O)N[C@@H](CCCN=C(N)N)C(=O)N[C@@H](CCCN=C(N)N)C(=O)N[C@@H](CS)C(=O)N[C@@H](Cc1ccc(O)cc1)C(=O)N[C@@H](CC(N)=O)C(=O)N[C@@H](CC(=O)O)C(=O)O. The summed E-state index contributed by atoms with van der Waals surface area (Å²) in [5, 5.41) is 42.3. The molecular formula is C35H56N14O12S. The summed E-state index contributed by atoms with van der Waals surface area (Å²) in [5.41, 5.74) is 32.9. The molecule has 7 amide bonds. The monoisotopic (exact) mass is 896 g/mol. The molecule has 1 rings (SSSR count). The molecule has 0 bridgehead atoms. The van der Waals surface area contributed by atoms with Crippen molar-refractivity contribution in [2.75, 3.05) is 18.8 Å². The molecule has 0 heterocycles. The van der Waals surface area contributed by atoms with Gasteiger partial charge in [-0.1, -0.05) is 12.1 Å². The van der Waals surface area contributed by atoms with Crippen LogP contribution in [-0.4, -0.2) is 142 Å². The van der Waals surface area contributed by atoms with Gasteiger partial charge in [-0.3, -0.25) is 48.3 Å². The number of primary amides is 1. The van der Waals surface area contributed by atoms with E-state index in [1.54, 1.807) is 0 Å². The highest BCUT2D eigenvalue weighted by molar-refractivity contribution is 7.80. The Balaban J connectivity index is 3.45.